The summed E-state index contributed by atoms with van der Waals surface area (Å²) in [5.74, 6) is 0.365. The van der Waals surface area contributed by atoms with E-state index in [1.807, 2.05) is 25.1 Å². The number of hydrogen-bond acceptors (Lipinski definition) is 1. The molecule has 0 aliphatic heterocycles. The fourth-order valence-electron chi connectivity index (χ4n) is 1.42. The normalized spacial score (nSPS) is 10.9. The maximum absolute atomic E-state index is 6.00. The fourth-order valence-corrected chi connectivity index (χ4v) is 2.07. The van der Waals surface area contributed by atoms with E-state index in [1.54, 1.807) is 0 Å². The molecule has 0 amide bonds. The van der Waals surface area contributed by atoms with Gasteiger partial charge in [0.2, 0.25) is 0 Å². The second kappa shape index (κ2) is 4.17. The Hall–Kier alpha value is -0.500. The van der Waals surface area contributed by atoms with Crippen LogP contribution in [0.2, 0.25) is 10.2 Å². The minimum Gasteiger partial charge on any atom is -0.236 e. The fraction of sp³-hybridized carbons (Fsp3) is 0.182. The maximum Gasteiger partial charge on any atom is 0.134 e. The Morgan fingerprint density at radius 1 is 1.20 bits per heavy atom. The first kappa shape index (κ1) is 11.0. The molecule has 4 heteroatoms. The van der Waals surface area contributed by atoms with Crippen molar-refractivity contribution in [3.05, 3.63) is 39.5 Å². The number of hydrogen-bond donors (Lipinski definition) is 0. The molecule has 2 rings (SSSR count). The third-order valence-corrected chi connectivity index (χ3v) is 3.29. The highest BCUT2D eigenvalue weighted by Crippen LogP contribution is 2.26. The summed E-state index contributed by atoms with van der Waals surface area (Å²) in [7, 11) is 0. The molecule has 15 heavy (non-hydrogen) atoms. The van der Waals surface area contributed by atoms with Crippen LogP contribution >= 0.6 is 34.8 Å². The number of aromatic nitrogens is 1. The molecule has 78 valence electrons. The second-order valence-corrected chi connectivity index (χ2v) is 4.40. The summed E-state index contributed by atoms with van der Waals surface area (Å²) < 4.78 is 0. The van der Waals surface area contributed by atoms with Crippen molar-refractivity contribution < 1.29 is 0 Å². The summed E-state index contributed by atoms with van der Waals surface area (Å²) in [6.45, 7) is 1.96. The van der Waals surface area contributed by atoms with Crippen LogP contribution in [0.4, 0.5) is 0 Å². The van der Waals surface area contributed by atoms with Crippen LogP contribution in [0, 0.1) is 6.92 Å². The van der Waals surface area contributed by atoms with Crippen LogP contribution in [-0.4, -0.2) is 4.98 Å². The van der Waals surface area contributed by atoms with Crippen LogP contribution in [0.3, 0.4) is 0 Å². The SMILES string of the molecule is Cc1cc2cc(CCl)c(Cl)nc2cc1Cl. The zero-order chi connectivity index (χ0) is 11.0. The summed E-state index contributed by atoms with van der Waals surface area (Å²) in [6, 6.07) is 5.74. The van der Waals surface area contributed by atoms with Gasteiger partial charge >= 0.3 is 0 Å². The first-order valence-corrected chi connectivity index (χ1v) is 5.72. The van der Waals surface area contributed by atoms with Crippen LogP contribution in [0.5, 0.6) is 0 Å². The number of alkyl halides is 1. The van der Waals surface area contributed by atoms with Crippen molar-refractivity contribution in [2.75, 3.05) is 0 Å². The number of rotatable bonds is 1. The van der Waals surface area contributed by atoms with Gasteiger partial charge in [0.05, 0.1) is 11.4 Å². The van der Waals surface area contributed by atoms with Crippen LogP contribution in [0.25, 0.3) is 10.9 Å². The molecule has 0 atom stereocenters. The highest BCUT2D eigenvalue weighted by atomic mass is 35.5. The van der Waals surface area contributed by atoms with E-state index in [2.05, 4.69) is 4.98 Å². The highest BCUT2D eigenvalue weighted by Gasteiger charge is 2.06. The van der Waals surface area contributed by atoms with Gasteiger partial charge in [-0.25, -0.2) is 4.98 Å². The van der Waals surface area contributed by atoms with Crippen LogP contribution in [-0.2, 0) is 5.88 Å². The van der Waals surface area contributed by atoms with Crippen LogP contribution in [0.1, 0.15) is 11.1 Å². The van der Waals surface area contributed by atoms with Crippen molar-refractivity contribution in [2.45, 2.75) is 12.8 Å². The lowest BCUT2D eigenvalue weighted by molar-refractivity contribution is 1.30. The lowest BCUT2D eigenvalue weighted by atomic mass is 10.1. The van der Waals surface area contributed by atoms with E-state index in [0.717, 1.165) is 22.0 Å². The lowest BCUT2D eigenvalue weighted by Gasteiger charge is -2.05. The van der Waals surface area contributed by atoms with Gasteiger partial charge in [-0.15, -0.1) is 11.6 Å². The van der Waals surface area contributed by atoms with Gasteiger partial charge in [0, 0.05) is 16.0 Å². The van der Waals surface area contributed by atoms with Gasteiger partial charge in [-0.1, -0.05) is 23.2 Å². The van der Waals surface area contributed by atoms with Crippen molar-refractivity contribution in [1.82, 2.24) is 4.98 Å². The van der Waals surface area contributed by atoms with E-state index in [0.29, 0.717) is 16.1 Å². The quantitative estimate of drug-likeness (QED) is 0.540. The van der Waals surface area contributed by atoms with Gasteiger partial charge in [0.15, 0.2) is 0 Å². The highest BCUT2D eigenvalue weighted by molar-refractivity contribution is 6.33. The van der Waals surface area contributed by atoms with Crippen molar-refractivity contribution in [1.29, 1.82) is 0 Å². The molecule has 0 aliphatic rings. The Labute approximate surface area is 103 Å². The predicted molar refractivity (Wildman–Crippen MR) is 66.1 cm³/mol. The van der Waals surface area contributed by atoms with Crippen molar-refractivity contribution in [3.63, 3.8) is 0 Å². The van der Waals surface area contributed by atoms with E-state index in [1.165, 1.54) is 0 Å². The molecule has 0 fully saturated rings. The number of pyridine rings is 1. The summed E-state index contributed by atoms with van der Waals surface area (Å²) in [6.07, 6.45) is 0. The number of fused-ring (bicyclic) bond motifs is 1. The van der Waals surface area contributed by atoms with Gasteiger partial charge in [-0.05, 0) is 30.7 Å². The second-order valence-electron chi connectivity index (χ2n) is 3.37. The van der Waals surface area contributed by atoms with Gasteiger partial charge < -0.3 is 0 Å². The average molecular weight is 261 g/mol. The van der Waals surface area contributed by atoms with Crippen molar-refractivity contribution >= 4 is 45.7 Å². The number of halogens is 3. The number of nitrogens with zero attached hydrogens (tertiary/aromatic N) is 1. The molecule has 0 N–H and O–H groups in total. The Balaban J connectivity index is 2.76. The topological polar surface area (TPSA) is 12.9 Å². The largest absolute Gasteiger partial charge is 0.236 e. The molecule has 0 bridgehead atoms. The summed E-state index contributed by atoms with van der Waals surface area (Å²) in [5.41, 5.74) is 2.66. The van der Waals surface area contributed by atoms with Gasteiger partial charge in [-0.2, -0.15) is 0 Å². The first-order valence-electron chi connectivity index (χ1n) is 4.43. The summed E-state index contributed by atoms with van der Waals surface area (Å²) in [5, 5.41) is 2.15. The first-order chi connectivity index (χ1) is 7.11. The molecule has 0 spiro atoms. The molecule has 0 saturated carbocycles. The molecule has 1 nitrogen and oxygen atoms in total. The summed E-state index contributed by atoms with van der Waals surface area (Å²) in [4.78, 5) is 4.24. The summed E-state index contributed by atoms with van der Waals surface area (Å²) >= 11 is 17.7. The van der Waals surface area contributed by atoms with Crippen LogP contribution < -0.4 is 0 Å². The van der Waals surface area contributed by atoms with E-state index < -0.39 is 0 Å². The minimum absolute atomic E-state index is 0.365. The Bertz CT molecular complexity index is 523. The van der Waals surface area contributed by atoms with Gasteiger partial charge in [-0.3, -0.25) is 0 Å². The Kier molecular flexibility index (Phi) is 3.06. The maximum atomic E-state index is 6.00. The molecule has 0 saturated heterocycles. The number of aryl methyl sites for hydroxylation is 1. The predicted octanol–water partition coefficient (Wildman–Crippen LogP) is 4.59. The smallest absolute Gasteiger partial charge is 0.134 e. The zero-order valence-corrected chi connectivity index (χ0v) is 10.3. The molecular formula is C11H8Cl3N. The zero-order valence-electron chi connectivity index (χ0n) is 8.02. The molecular weight excluding hydrogens is 252 g/mol. The third-order valence-electron chi connectivity index (χ3n) is 2.27. The van der Waals surface area contributed by atoms with Crippen molar-refractivity contribution in [2.24, 2.45) is 0 Å². The monoisotopic (exact) mass is 259 g/mol. The molecule has 2 aromatic rings. The van der Waals surface area contributed by atoms with E-state index in [-0.39, 0.29) is 0 Å². The lowest BCUT2D eigenvalue weighted by Crippen LogP contribution is -1.88. The van der Waals surface area contributed by atoms with Crippen LogP contribution in [0.15, 0.2) is 18.2 Å². The van der Waals surface area contributed by atoms with Crippen molar-refractivity contribution in [3.8, 4) is 0 Å². The van der Waals surface area contributed by atoms with Gasteiger partial charge in [0.25, 0.3) is 0 Å². The minimum atomic E-state index is 0.365. The third kappa shape index (κ3) is 2.05. The van der Waals surface area contributed by atoms with E-state index in [9.17, 15) is 0 Å². The molecule has 1 aromatic heterocycles. The average Bonchev–Trinajstić information content (AvgIpc) is 2.20. The standard InChI is InChI=1S/C11H8Cl3N/c1-6-2-7-3-8(5-12)11(14)15-10(7)4-9(6)13/h2-4H,5H2,1H3. The molecule has 1 aromatic carbocycles. The molecule has 0 aliphatic carbocycles. The van der Waals surface area contributed by atoms with E-state index in [4.69, 9.17) is 34.8 Å². The molecule has 0 unspecified atom stereocenters. The molecule has 0 radical (unpaired) electrons. The number of benzene rings is 1. The van der Waals surface area contributed by atoms with E-state index >= 15 is 0 Å². The Morgan fingerprint density at radius 2 is 1.93 bits per heavy atom. The Morgan fingerprint density at radius 3 is 2.60 bits per heavy atom. The molecule has 1 heterocycles. The van der Waals surface area contributed by atoms with Gasteiger partial charge in [0.1, 0.15) is 5.15 Å².